The zero-order valence-corrected chi connectivity index (χ0v) is 16.0. The van der Waals surface area contributed by atoms with E-state index in [1.165, 1.54) is 11.8 Å². The number of hydrogen-bond acceptors (Lipinski definition) is 4. The SMILES string of the molecule is CCn1c(COC(N)=O)nc(Sc2cc(Cl)cc(Cl)c2)c1C(C)C. The van der Waals surface area contributed by atoms with Crippen LogP contribution in [0.15, 0.2) is 28.1 Å². The number of hydrogen-bond donors (Lipinski definition) is 1. The van der Waals surface area contributed by atoms with E-state index in [2.05, 4.69) is 18.8 Å². The third-order valence-corrected chi connectivity index (χ3v) is 4.71. The molecule has 24 heavy (non-hydrogen) atoms. The molecule has 2 N–H and O–H groups in total. The van der Waals surface area contributed by atoms with Crippen molar-refractivity contribution in [2.24, 2.45) is 5.73 Å². The molecule has 0 atom stereocenters. The van der Waals surface area contributed by atoms with Crippen molar-refractivity contribution in [1.82, 2.24) is 9.55 Å². The van der Waals surface area contributed by atoms with Crippen molar-refractivity contribution < 1.29 is 9.53 Å². The van der Waals surface area contributed by atoms with Gasteiger partial charge in [-0.05, 0) is 31.0 Å². The second-order valence-corrected chi connectivity index (χ2v) is 7.37. The van der Waals surface area contributed by atoms with Crippen LogP contribution in [0.2, 0.25) is 10.0 Å². The minimum Gasteiger partial charge on any atom is -0.442 e. The number of ether oxygens (including phenoxy) is 1. The number of carbonyl (C=O) groups is 1. The van der Waals surface area contributed by atoms with Gasteiger partial charge in [0.1, 0.15) is 10.9 Å². The Kier molecular flexibility index (Phi) is 6.43. The van der Waals surface area contributed by atoms with Crippen LogP contribution in [0.1, 0.15) is 38.2 Å². The van der Waals surface area contributed by atoms with Crippen LogP contribution in [0.5, 0.6) is 0 Å². The van der Waals surface area contributed by atoms with Crippen molar-refractivity contribution in [3.63, 3.8) is 0 Å². The van der Waals surface area contributed by atoms with Gasteiger partial charge in [-0.15, -0.1) is 0 Å². The van der Waals surface area contributed by atoms with Crippen molar-refractivity contribution >= 4 is 41.1 Å². The number of benzene rings is 1. The highest BCUT2D eigenvalue weighted by molar-refractivity contribution is 7.99. The van der Waals surface area contributed by atoms with E-state index >= 15 is 0 Å². The summed E-state index contributed by atoms with van der Waals surface area (Å²) in [5, 5.41) is 1.99. The number of amides is 1. The van der Waals surface area contributed by atoms with Gasteiger partial charge in [0.25, 0.3) is 0 Å². The number of nitrogens with two attached hydrogens (primary N) is 1. The molecule has 0 bridgehead atoms. The van der Waals surface area contributed by atoms with Crippen molar-refractivity contribution in [3.05, 3.63) is 39.8 Å². The lowest BCUT2D eigenvalue weighted by Crippen LogP contribution is -2.15. The van der Waals surface area contributed by atoms with E-state index in [1.54, 1.807) is 6.07 Å². The molecule has 0 spiro atoms. The molecule has 0 radical (unpaired) electrons. The standard InChI is InChI=1S/C16H19Cl2N3O2S/c1-4-21-13(8-23-16(19)22)20-15(14(21)9(2)3)24-12-6-10(17)5-11(18)7-12/h5-7,9H,4,8H2,1-3H3,(H2,19,22). The molecule has 1 aromatic carbocycles. The topological polar surface area (TPSA) is 70.1 Å². The predicted molar refractivity (Wildman–Crippen MR) is 96.9 cm³/mol. The first-order valence-corrected chi connectivity index (χ1v) is 9.04. The van der Waals surface area contributed by atoms with E-state index in [1.807, 2.05) is 23.6 Å². The molecule has 0 unspecified atom stereocenters. The molecule has 8 heteroatoms. The molecule has 0 aliphatic rings. The molecule has 2 rings (SSSR count). The Labute approximate surface area is 155 Å². The number of halogens is 2. The van der Waals surface area contributed by atoms with Crippen LogP contribution < -0.4 is 5.73 Å². The largest absolute Gasteiger partial charge is 0.442 e. The highest BCUT2D eigenvalue weighted by Crippen LogP contribution is 2.36. The Hall–Kier alpha value is -1.37. The second kappa shape index (κ2) is 8.14. The Morgan fingerprint density at radius 1 is 1.33 bits per heavy atom. The monoisotopic (exact) mass is 387 g/mol. The summed E-state index contributed by atoms with van der Waals surface area (Å²) in [6.45, 7) is 6.97. The van der Waals surface area contributed by atoms with E-state index in [4.69, 9.17) is 33.7 Å². The van der Waals surface area contributed by atoms with Crippen LogP contribution in [-0.2, 0) is 17.9 Å². The summed E-state index contributed by atoms with van der Waals surface area (Å²) in [4.78, 5) is 16.4. The number of nitrogens with zero attached hydrogens (tertiary/aromatic N) is 2. The van der Waals surface area contributed by atoms with Crippen LogP contribution >= 0.6 is 35.0 Å². The number of imidazole rings is 1. The molecule has 1 heterocycles. The highest BCUT2D eigenvalue weighted by atomic mass is 35.5. The molecule has 5 nitrogen and oxygen atoms in total. The lowest BCUT2D eigenvalue weighted by Gasteiger charge is -2.13. The molecule has 1 aromatic heterocycles. The van der Waals surface area contributed by atoms with Gasteiger partial charge >= 0.3 is 6.09 Å². The van der Waals surface area contributed by atoms with Gasteiger partial charge in [0.05, 0.1) is 5.69 Å². The van der Waals surface area contributed by atoms with Crippen LogP contribution in [-0.4, -0.2) is 15.6 Å². The maximum atomic E-state index is 10.9. The van der Waals surface area contributed by atoms with Gasteiger partial charge in [0.2, 0.25) is 0 Å². The normalized spacial score (nSPS) is 11.1. The zero-order chi connectivity index (χ0) is 17.9. The van der Waals surface area contributed by atoms with Crippen molar-refractivity contribution in [1.29, 1.82) is 0 Å². The summed E-state index contributed by atoms with van der Waals surface area (Å²) < 4.78 is 6.95. The van der Waals surface area contributed by atoms with Crippen LogP contribution in [0.4, 0.5) is 4.79 Å². The first kappa shape index (κ1) is 19.0. The van der Waals surface area contributed by atoms with Gasteiger partial charge in [-0.3, -0.25) is 0 Å². The van der Waals surface area contributed by atoms with Gasteiger partial charge < -0.3 is 15.0 Å². The van der Waals surface area contributed by atoms with Gasteiger partial charge in [0, 0.05) is 21.5 Å². The molecule has 0 saturated heterocycles. The Balaban J connectivity index is 2.41. The lowest BCUT2D eigenvalue weighted by molar-refractivity contribution is 0.145. The molecule has 0 fully saturated rings. The lowest BCUT2D eigenvalue weighted by atomic mass is 10.1. The summed E-state index contributed by atoms with van der Waals surface area (Å²) in [5.41, 5.74) is 6.13. The van der Waals surface area contributed by atoms with E-state index in [0.29, 0.717) is 15.9 Å². The average molecular weight is 388 g/mol. The van der Waals surface area contributed by atoms with E-state index < -0.39 is 6.09 Å². The minimum atomic E-state index is -0.817. The molecule has 130 valence electrons. The molecular weight excluding hydrogens is 369 g/mol. The summed E-state index contributed by atoms with van der Waals surface area (Å²) >= 11 is 13.6. The van der Waals surface area contributed by atoms with Crippen molar-refractivity contribution in [2.75, 3.05) is 0 Å². The predicted octanol–water partition coefficient (Wildman–Crippen LogP) is 5.08. The number of carbonyl (C=O) groups excluding carboxylic acids is 1. The molecule has 0 aliphatic carbocycles. The van der Waals surface area contributed by atoms with E-state index in [0.717, 1.165) is 22.2 Å². The van der Waals surface area contributed by atoms with Crippen molar-refractivity contribution in [3.8, 4) is 0 Å². The number of rotatable bonds is 6. The van der Waals surface area contributed by atoms with Crippen LogP contribution in [0, 0.1) is 0 Å². The van der Waals surface area contributed by atoms with E-state index in [9.17, 15) is 4.79 Å². The Bertz CT molecular complexity index is 727. The van der Waals surface area contributed by atoms with E-state index in [-0.39, 0.29) is 12.5 Å². The maximum absolute atomic E-state index is 10.9. The summed E-state index contributed by atoms with van der Waals surface area (Å²) in [5.74, 6) is 0.910. The molecule has 0 aliphatic heterocycles. The van der Waals surface area contributed by atoms with Gasteiger partial charge in [-0.1, -0.05) is 48.8 Å². The van der Waals surface area contributed by atoms with Crippen LogP contribution in [0.25, 0.3) is 0 Å². The zero-order valence-electron chi connectivity index (χ0n) is 13.7. The minimum absolute atomic E-state index is 0.0414. The summed E-state index contributed by atoms with van der Waals surface area (Å²) in [7, 11) is 0. The Morgan fingerprint density at radius 3 is 2.46 bits per heavy atom. The quantitative estimate of drug-likeness (QED) is 0.749. The fourth-order valence-electron chi connectivity index (χ4n) is 2.42. The fraction of sp³-hybridized carbons (Fsp3) is 0.375. The first-order chi connectivity index (χ1) is 11.3. The maximum Gasteiger partial charge on any atom is 0.404 e. The molecule has 1 amide bonds. The van der Waals surface area contributed by atoms with Gasteiger partial charge in [-0.25, -0.2) is 9.78 Å². The van der Waals surface area contributed by atoms with Gasteiger partial charge in [0.15, 0.2) is 6.61 Å². The number of primary amides is 1. The molecule has 2 aromatic rings. The van der Waals surface area contributed by atoms with Crippen molar-refractivity contribution in [2.45, 2.75) is 49.8 Å². The molecular formula is C16H19Cl2N3O2S. The third-order valence-electron chi connectivity index (χ3n) is 3.31. The average Bonchev–Trinajstić information content (AvgIpc) is 2.81. The number of aromatic nitrogens is 2. The fourth-order valence-corrected chi connectivity index (χ4v) is 4.27. The third kappa shape index (κ3) is 4.59. The molecule has 0 saturated carbocycles. The Morgan fingerprint density at radius 2 is 1.96 bits per heavy atom. The first-order valence-electron chi connectivity index (χ1n) is 7.47. The summed E-state index contributed by atoms with van der Waals surface area (Å²) in [6.07, 6.45) is -0.817. The highest BCUT2D eigenvalue weighted by Gasteiger charge is 2.20. The summed E-state index contributed by atoms with van der Waals surface area (Å²) in [6, 6.07) is 5.37. The van der Waals surface area contributed by atoms with Crippen LogP contribution in [0.3, 0.4) is 0 Å². The van der Waals surface area contributed by atoms with Gasteiger partial charge in [-0.2, -0.15) is 0 Å². The second-order valence-electron chi connectivity index (χ2n) is 5.43. The smallest absolute Gasteiger partial charge is 0.404 e.